The van der Waals surface area contributed by atoms with Crippen molar-refractivity contribution in [1.82, 2.24) is 4.90 Å². The molecule has 1 unspecified atom stereocenters. The monoisotopic (exact) mass is 388 g/mol. The summed E-state index contributed by atoms with van der Waals surface area (Å²) in [5, 5.41) is 11.0. The normalized spacial score (nSPS) is 16.3. The summed E-state index contributed by atoms with van der Waals surface area (Å²) in [7, 11) is 3.16. The van der Waals surface area contributed by atoms with Crippen molar-refractivity contribution in [3.05, 3.63) is 63.2 Å². The van der Waals surface area contributed by atoms with E-state index in [-0.39, 0.29) is 17.0 Å². The standard InChI is InChI=1S/C19H20N2O5S/c1-12-4-5-13(10-16(12)21(23)24)18(22)20-8-9-27-19(20)15-7-6-14(25-2)11-17(15)26-3/h4-7,10-11,19H,8-9H2,1-3H3. The molecule has 1 amide bonds. The molecule has 27 heavy (non-hydrogen) atoms. The quantitative estimate of drug-likeness (QED) is 0.572. The van der Waals surface area contributed by atoms with Crippen LogP contribution in [0.5, 0.6) is 11.5 Å². The molecule has 142 valence electrons. The average Bonchev–Trinajstić information content (AvgIpc) is 3.16. The Balaban J connectivity index is 1.94. The Hall–Kier alpha value is -2.74. The van der Waals surface area contributed by atoms with E-state index in [0.717, 1.165) is 11.3 Å². The van der Waals surface area contributed by atoms with E-state index < -0.39 is 4.92 Å². The number of carbonyl (C=O) groups excluding carboxylic acids is 1. The molecule has 1 aliphatic rings. The number of aryl methyl sites for hydroxylation is 1. The van der Waals surface area contributed by atoms with Gasteiger partial charge in [-0.25, -0.2) is 0 Å². The van der Waals surface area contributed by atoms with Crippen molar-refractivity contribution in [3.8, 4) is 11.5 Å². The van der Waals surface area contributed by atoms with Crippen molar-refractivity contribution in [1.29, 1.82) is 0 Å². The minimum Gasteiger partial charge on any atom is -0.497 e. The van der Waals surface area contributed by atoms with Crippen LogP contribution in [-0.4, -0.2) is 42.2 Å². The van der Waals surface area contributed by atoms with Gasteiger partial charge in [-0.15, -0.1) is 11.8 Å². The van der Waals surface area contributed by atoms with E-state index in [0.29, 0.717) is 29.2 Å². The number of benzene rings is 2. The highest BCUT2D eigenvalue weighted by molar-refractivity contribution is 7.99. The van der Waals surface area contributed by atoms with Crippen LogP contribution in [0.15, 0.2) is 36.4 Å². The summed E-state index contributed by atoms with van der Waals surface area (Å²) >= 11 is 1.63. The van der Waals surface area contributed by atoms with Crippen LogP contribution in [0.2, 0.25) is 0 Å². The van der Waals surface area contributed by atoms with E-state index in [2.05, 4.69) is 0 Å². The molecule has 8 heteroatoms. The van der Waals surface area contributed by atoms with Gasteiger partial charge in [0, 0.05) is 41.1 Å². The van der Waals surface area contributed by atoms with Gasteiger partial charge in [-0.2, -0.15) is 0 Å². The molecule has 0 N–H and O–H groups in total. The van der Waals surface area contributed by atoms with Gasteiger partial charge in [0.15, 0.2) is 0 Å². The Kier molecular flexibility index (Phi) is 5.55. The summed E-state index contributed by atoms with van der Waals surface area (Å²) < 4.78 is 10.7. The molecular weight excluding hydrogens is 368 g/mol. The minimum atomic E-state index is -0.463. The lowest BCUT2D eigenvalue weighted by atomic mass is 10.1. The number of ether oxygens (including phenoxy) is 2. The first-order valence-electron chi connectivity index (χ1n) is 8.35. The summed E-state index contributed by atoms with van der Waals surface area (Å²) in [4.78, 5) is 25.5. The maximum absolute atomic E-state index is 13.1. The van der Waals surface area contributed by atoms with Crippen LogP contribution in [0, 0.1) is 17.0 Å². The number of nitrogens with zero attached hydrogens (tertiary/aromatic N) is 2. The summed E-state index contributed by atoms with van der Waals surface area (Å²) in [5.74, 6) is 1.86. The van der Waals surface area contributed by atoms with Crippen LogP contribution in [0.25, 0.3) is 0 Å². The Morgan fingerprint density at radius 3 is 2.67 bits per heavy atom. The third-order valence-electron chi connectivity index (χ3n) is 4.51. The number of methoxy groups -OCH3 is 2. The van der Waals surface area contributed by atoms with E-state index in [9.17, 15) is 14.9 Å². The van der Waals surface area contributed by atoms with Crippen molar-refractivity contribution in [2.45, 2.75) is 12.3 Å². The Labute approximate surface area is 161 Å². The van der Waals surface area contributed by atoms with Gasteiger partial charge in [0.2, 0.25) is 0 Å². The first-order valence-corrected chi connectivity index (χ1v) is 9.40. The van der Waals surface area contributed by atoms with E-state index in [1.54, 1.807) is 56.0 Å². The molecule has 1 saturated heterocycles. The van der Waals surface area contributed by atoms with E-state index in [1.165, 1.54) is 6.07 Å². The van der Waals surface area contributed by atoms with Crippen molar-refractivity contribution in [3.63, 3.8) is 0 Å². The molecule has 0 aromatic heterocycles. The highest BCUT2D eigenvalue weighted by Gasteiger charge is 2.33. The zero-order valence-electron chi connectivity index (χ0n) is 15.3. The maximum Gasteiger partial charge on any atom is 0.273 e. The smallest absolute Gasteiger partial charge is 0.273 e. The first kappa shape index (κ1) is 19.0. The van der Waals surface area contributed by atoms with Crippen LogP contribution >= 0.6 is 11.8 Å². The number of nitro benzene ring substituents is 1. The Bertz CT molecular complexity index is 886. The summed E-state index contributed by atoms with van der Waals surface area (Å²) in [5.41, 5.74) is 1.66. The van der Waals surface area contributed by atoms with Crippen LogP contribution in [0.4, 0.5) is 5.69 Å². The molecule has 0 aliphatic carbocycles. The second kappa shape index (κ2) is 7.87. The fraction of sp³-hybridized carbons (Fsp3) is 0.316. The molecule has 2 aromatic rings. The van der Waals surface area contributed by atoms with Gasteiger partial charge >= 0.3 is 0 Å². The van der Waals surface area contributed by atoms with Gasteiger partial charge in [-0.3, -0.25) is 14.9 Å². The van der Waals surface area contributed by atoms with Crippen molar-refractivity contribution in [2.75, 3.05) is 26.5 Å². The first-order chi connectivity index (χ1) is 13.0. The molecule has 1 heterocycles. The zero-order valence-corrected chi connectivity index (χ0v) is 16.1. The van der Waals surface area contributed by atoms with E-state index in [1.807, 2.05) is 12.1 Å². The van der Waals surface area contributed by atoms with Crippen LogP contribution in [0.3, 0.4) is 0 Å². The van der Waals surface area contributed by atoms with Crippen molar-refractivity contribution in [2.24, 2.45) is 0 Å². The fourth-order valence-electron chi connectivity index (χ4n) is 3.06. The number of thioether (sulfide) groups is 1. The topological polar surface area (TPSA) is 81.9 Å². The number of carbonyl (C=O) groups is 1. The number of hydrogen-bond acceptors (Lipinski definition) is 6. The lowest BCUT2D eigenvalue weighted by Gasteiger charge is -2.25. The lowest BCUT2D eigenvalue weighted by molar-refractivity contribution is -0.385. The Morgan fingerprint density at radius 1 is 1.22 bits per heavy atom. The average molecular weight is 388 g/mol. The second-order valence-corrected chi connectivity index (χ2v) is 7.28. The number of rotatable bonds is 5. The largest absolute Gasteiger partial charge is 0.497 e. The molecule has 1 aliphatic heterocycles. The number of hydrogen-bond donors (Lipinski definition) is 0. The predicted octanol–water partition coefficient (Wildman–Crippen LogP) is 3.81. The number of nitro groups is 1. The van der Waals surface area contributed by atoms with Crippen molar-refractivity contribution < 1.29 is 19.2 Å². The zero-order chi connectivity index (χ0) is 19.6. The highest BCUT2D eigenvalue weighted by atomic mass is 32.2. The molecule has 0 radical (unpaired) electrons. The lowest BCUT2D eigenvalue weighted by Crippen LogP contribution is -2.30. The second-order valence-electron chi connectivity index (χ2n) is 6.09. The van der Waals surface area contributed by atoms with E-state index >= 15 is 0 Å². The highest BCUT2D eigenvalue weighted by Crippen LogP contribution is 2.43. The minimum absolute atomic E-state index is 0.0497. The van der Waals surface area contributed by atoms with Gasteiger partial charge in [-0.1, -0.05) is 6.07 Å². The molecular formula is C19H20N2O5S. The van der Waals surface area contributed by atoms with Gasteiger partial charge in [-0.05, 0) is 25.1 Å². The van der Waals surface area contributed by atoms with Gasteiger partial charge < -0.3 is 14.4 Å². The summed E-state index contributed by atoms with van der Waals surface area (Å²) in [6.07, 6.45) is 0. The van der Waals surface area contributed by atoms with Gasteiger partial charge in [0.25, 0.3) is 11.6 Å². The molecule has 1 fully saturated rings. The fourth-order valence-corrected chi connectivity index (χ4v) is 4.34. The van der Waals surface area contributed by atoms with E-state index in [4.69, 9.17) is 9.47 Å². The molecule has 0 bridgehead atoms. The van der Waals surface area contributed by atoms with Crippen molar-refractivity contribution >= 4 is 23.4 Å². The third kappa shape index (κ3) is 3.71. The van der Waals surface area contributed by atoms with Crippen LogP contribution in [-0.2, 0) is 0 Å². The third-order valence-corrected chi connectivity index (χ3v) is 5.75. The molecule has 2 aromatic carbocycles. The molecule has 3 rings (SSSR count). The molecule has 7 nitrogen and oxygen atoms in total. The summed E-state index contributed by atoms with van der Waals surface area (Å²) in [6, 6.07) is 10.1. The van der Waals surface area contributed by atoms with Crippen LogP contribution in [0.1, 0.15) is 26.9 Å². The van der Waals surface area contributed by atoms with Gasteiger partial charge in [0.1, 0.15) is 16.9 Å². The Morgan fingerprint density at radius 2 is 2.00 bits per heavy atom. The summed E-state index contributed by atoms with van der Waals surface area (Å²) in [6.45, 7) is 2.22. The maximum atomic E-state index is 13.1. The molecule has 0 spiro atoms. The molecule has 1 atom stereocenters. The SMILES string of the molecule is COc1ccc(C2SCCN2C(=O)c2ccc(C)c([N+](=O)[O-])c2)c(OC)c1. The van der Waals surface area contributed by atoms with Crippen LogP contribution < -0.4 is 9.47 Å². The number of amides is 1. The predicted molar refractivity (Wildman–Crippen MR) is 104 cm³/mol. The molecule has 0 saturated carbocycles. The van der Waals surface area contributed by atoms with Gasteiger partial charge in [0.05, 0.1) is 19.1 Å².